The topological polar surface area (TPSA) is 58.5 Å². The molecule has 1 heterocycles. The molecule has 0 atom stereocenters. The van der Waals surface area contributed by atoms with Crippen molar-refractivity contribution in [3.63, 3.8) is 0 Å². The summed E-state index contributed by atoms with van der Waals surface area (Å²) in [4.78, 5) is 3.85. The molecule has 0 spiro atoms. The van der Waals surface area contributed by atoms with Gasteiger partial charge in [0.2, 0.25) is 0 Å². The molecule has 1 N–H and O–H groups in total. The van der Waals surface area contributed by atoms with Gasteiger partial charge in [-0.2, -0.15) is 0 Å². The molecule has 1 aliphatic heterocycles. The molecule has 0 bridgehead atoms. The van der Waals surface area contributed by atoms with Crippen LogP contribution in [0.4, 0.5) is 0 Å². The van der Waals surface area contributed by atoms with Crippen molar-refractivity contribution in [3.8, 4) is 0 Å². The van der Waals surface area contributed by atoms with E-state index in [0.717, 1.165) is 25.6 Å². The van der Waals surface area contributed by atoms with Gasteiger partial charge >= 0.3 is 0 Å². The number of hydrogen-bond donors (Lipinski definition) is 1. The average molecular weight is 164 g/mol. The summed E-state index contributed by atoms with van der Waals surface area (Å²) in [6, 6.07) is 0. The molecule has 60 valence electrons. The van der Waals surface area contributed by atoms with E-state index in [1.54, 1.807) is 6.34 Å². The summed E-state index contributed by atoms with van der Waals surface area (Å²) in [5, 5.41) is 2.93. The van der Waals surface area contributed by atoms with Crippen molar-refractivity contribution in [1.82, 2.24) is 5.32 Å². The molecule has 0 amide bonds. The molecule has 4 nitrogen and oxygen atoms in total. The van der Waals surface area contributed by atoms with E-state index < -0.39 is 9.84 Å². The fourth-order valence-electron chi connectivity index (χ4n) is 0.323. The molecular weight excluding hydrogens is 152 g/mol. The lowest BCUT2D eigenvalue weighted by Crippen LogP contribution is -2.04. The first kappa shape index (κ1) is 9.42. The van der Waals surface area contributed by atoms with Gasteiger partial charge in [0.1, 0.15) is 9.84 Å². The van der Waals surface area contributed by atoms with E-state index in [-0.39, 0.29) is 0 Å². The van der Waals surface area contributed by atoms with Crippen LogP contribution in [0.2, 0.25) is 0 Å². The molecular formula is C5H12N2O2S. The second-order valence-electron chi connectivity index (χ2n) is 2.13. The highest BCUT2D eigenvalue weighted by Gasteiger charge is 1.82. The molecule has 0 unspecified atom stereocenters. The summed E-state index contributed by atoms with van der Waals surface area (Å²) in [6.45, 7) is 1.99. The van der Waals surface area contributed by atoms with Gasteiger partial charge in [0.15, 0.2) is 0 Å². The lowest BCUT2D eigenvalue weighted by atomic mass is 10.7. The highest BCUT2D eigenvalue weighted by molar-refractivity contribution is 7.89. The van der Waals surface area contributed by atoms with E-state index in [1.165, 1.54) is 0 Å². The lowest BCUT2D eigenvalue weighted by molar-refractivity contribution is 0.607. The van der Waals surface area contributed by atoms with Crippen molar-refractivity contribution in [2.75, 3.05) is 25.6 Å². The maximum absolute atomic E-state index is 9.63. The Kier molecular flexibility index (Phi) is 4.02. The van der Waals surface area contributed by atoms with Gasteiger partial charge in [0, 0.05) is 19.1 Å². The Morgan fingerprint density at radius 1 is 1.50 bits per heavy atom. The molecule has 0 aliphatic carbocycles. The second kappa shape index (κ2) is 4.27. The number of nitrogens with zero attached hydrogens (tertiary/aromatic N) is 1. The molecule has 1 aliphatic rings. The van der Waals surface area contributed by atoms with Crippen LogP contribution in [0.25, 0.3) is 0 Å². The van der Waals surface area contributed by atoms with Crippen LogP contribution in [0.15, 0.2) is 4.99 Å². The van der Waals surface area contributed by atoms with Crippen LogP contribution in [0.1, 0.15) is 0 Å². The maximum atomic E-state index is 9.63. The van der Waals surface area contributed by atoms with Crippen LogP contribution in [0.3, 0.4) is 0 Å². The van der Waals surface area contributed by atoms with Gasteiger partial charge in [-0.25, -0.2) is 8.42 Å². The van der Waals surface area contributed by atoms with Crippen molar-refractivity contribution in [1.29, 1.82) is 0 Å². The lowest BCUT2D eigenvalue weighted by Gasteiger charge is -1.75. The minimum Gasteiger partial charge on any atom is -0.375 e. The minimum absolute atomic E-state index is 0.958. The molecule has 0 saturated carbocycles. The molecule has 0 aromatic rings. The third-order valence-electron chi connectivity index (χ3n) is 0.568. The summed E-state index contributed by atoms with van der Waals surface area (Å²) >= 11 is 0. The highest BCUT2D eigenvalue weighted by atomic mass is 32.2. The number of rotatable bonds is 0. The maximum Gasteiger partial charge on any atom is 0.144 e. The number of nitrogens with one attached hydrogen (secondary N) is 1. The van der Waals surface area contributed by atoms with Crippen LogP contribution >= 0.6 is 0 Å². The molecule has 0 saturated heterocycles. The fraction of sp³-hybridized carbons (Fsp3) is 0.800. The average Bonchev–Trinajstić information content (AvgIpc) is 2.07. The standard InChI is InChI=1S/C3H6N2.C2H6O2S/c1-2-5-3-4-1;1-5(2,3)4/h3H,1-2H2,(H,4,5);1-2H3. The Morgan fingerprint density at radius 2 is 2.00 bits per heavy atom. The summed E-state index contributed by atoms with van der Waals surface area (Å²) in [5.41, 5.74) is 0. The van der Waals surface area contributed by atoms with Gasteiger partial charge in [-0.1, -0.05) is 0 Å². The van der Waals surface area contributed by atoms with Crippen LogP contribution in [0, 0.1) is 0 Å². The van der Waals surface area contributed by atoms with E-state index in [2.05, 4.69) is 10.3 Å². The summed E-state index contributed by atoms with van der Waals surface area (Å²) in [7, 11) is -2.67. The van der Waals surface area contributed by atoms with Gasteiger partial charge in [-0.05, 0) is 0 Å². The van der Waals surface area contributed by atoms with Gasteiger partial charge in [0.05, 0.1) is 12.9 Å². The Morgan fingerprint density at radius 3 is 2.10 bits per heavy atom. The van der Waals surface area contributed by atoms with Gasteiger partial charge in [-0.3, -0.25) is 4.99 Å². The number of sulfone groups is 1. The highest BCUT2D eigenvalue weighted by Crippen LogP contribution is 1.68. The summed E-state index contributed by atoms with van der Waals surface area (Å²) in [6.07, 6.45) is 4.06. The predicted octanol–water partition coefficient (Wildman–Crippen LogP) is -0.721. The Balaban J connectivity index is 0.000000162. The first-order chi connectivity index (χ1) is 4.50. The fourth-order valence-corrected chi connectivity index (χ4v) is 0.323. The summed E-state index contributed by atoms with van der Waals surface area (Å²) < 4.78 is 19.3. The molecule has 1 rings (SSSR count). The van der Waals surface area contributed by atoms with E-state index >= 15 is 0 Å². The first-order valence-corrected chi connectivity index (χ1v) is 5.17. The van der Waals surface area contributed by atoms with E-state index in [9.17, 15) is 8.42 Å². The first-order valence-electron chi connectivity index (χ1n) is 2.87. The van der Waals surface area contributed by atoms with Gasteiger partial charge < -0.3 is 5.32 Å². The van der Waals surface area contributed by atoms with Crippen molar-refractivity contribution < 1.29 is 8.42 Å². The molecule has 0 aromatic carbocycles. The third kappa shape index (κ3) is 15.7. The molecule has 5 heteroatoms. The van der Waals surface area contributed by atoms with Crippen LogP contribution in [-0.2, 0) is 9.84 Å². The van der Waals surface area contributed by atoms with Crippen molar-refractivity contribution in [2.45, 2.75) is 0 Å². The SMILES string of the molecule is C1=NCCN1.CS(C)(=O)=O. The smallest absolute Gasteiger partial charge is 0.144 e. The molecule has 0 fully saturated rings. The largest absolute Gasteiger partial charge is 0.375 e. The van der Waals surface area contributed by atoms with Crippen LogP contribution in [-0.4, -0.2) is 40.4 Å². The van der Waals surface area contributed by atoms with Crippen molar-refractivity contribution >= 4 is 16.2 Å². The zero-order valence-corrected chi connectivity index (χ0v) is 6.98. The van der Waals surface area contributed by atoms with Gasteiger partial charge in [-0.15, -0.1) is 0 Å². The van der Waals surface area contributed by atoms with Crippen molar-refractivity contribution in [2.24, 2.45) is 4.99 Å². The quantitative estimate of drug-likeness (QED) is 0.514. The zero-order valence-electron chi connectivity index (χ0n) is 6.16. The molecule has 10 heavy (non-hydrogen) atoms. The Bertz CT molecular complexity index is 182. The molecule has 0 aromatic heterocycles. The summed E-state index contributed by atoms with van der Waals surface area (Å²) in [5.74, 6) is 0. The monoisotopic (exact) mass is 164 g/mol. The van der Waals surface area contributed by atoms with Crippen molar-refractivity contribution in [3.05, 3.63) is 0 Å². The normalized spacial score (nSPS) is 15.4. The van der Waals surface area contributed by atoms with Gasteiger partial charge in [0.25, 0.3) is 0 Å². The van der Waals surface area contributed by atoms with Crippen LogP contribution < -0.4 is 5.32 Å². The molecule has 0 radical (unpaired) electrons. The van der Waals surface area contributed by atoms with Crippen LogP contribution in [0.5, 0.6) is 0 Å². The Labute approximate surface area is 61.3 Å². The number of aliphatic imine (C=N–C) groups is 1. The number of hydrogen-bond acceptors (Lipinski definition) is 4. The Hall–Kier alpha value is -0.580. The van der Waals surface area contributed by atoms with E-state index in [4.69, 9.17) is 0 Å². The predicted molar refractivity (Wildman–Crippen MR) is 42.1 cm³/mol. The minimum atomic E-state index is -2.67. The zero-order chi connectivity index (χ0) is 8.04. The van der Waals surface area contributed by atoms with E-state index in [0.29, 0.717) is 0 Å². The third-order valence-corrected chi connectivity index (χ3v) is 0.568. The second-order valence-corrected chi connectivity index (χ2v) is 4.42. The van der Waals surface area contributed by atoms with E-state index in [1.807, 2.05) is 0 Å².